The minimum atomic E-state index is 0.637. The van der Waals surface area contributed by atoms with E-state index in [2.05, 4.69) is 37.3 Å². The van der Waals surface area contributed by atoms with Crippen LogP contribution in [0, 0.1) is 5.92 Å². The van der Waals surface area contributed by atoms with Crippen molar-refractivity contribution in [2.24, 2.45) is 5.92 Å². The lowest BCUT2D eigenvalue weighted by Gasteiger charge is -2.06. The quantitative estimate of drug-likeness (QED) is 0.527. The van der Waals surface area contributed by atoms with Gasteiger partial charge in [-0.15, -0.1) is 11.6 Å². The number of hydrogen-bond donors (Lipinski definition) is 0. The van der Waals surface area contributed by atoms with Crippen LogP contribution in [0.2, 0.25) is 0 Å². The lowest BCUT2D eigenvalue weighted by atomic mass is 10.2. The molecule has 14 heavy (non-hydrogen) atoms. The van der Waals surface area contributed by atoms with Gasteiger partial charge in [0.1, 0.15) is 0 Å². The van der Waals surface area contributed by atoms with Gasteiger partial charge in [0.05, 0.1) is 0 Å². The molecule has 0 bridgehead atoms. The van der Waals surface area contributed by atoms with Gasteiger partial charge in [-0.05, 0) is 29.4 Å². The van der Waals surface area contributed by atoms with Crippen molar-refractivity contribution < 1.29 is 0 Å². The smallest absolute Gasteiger partial charge is 0.0257 e. The summed E-state index contributed by atoms with van der Waals surface area (Å²) in [5.41, 5.74) is 1.43. The number of benzene rings is 1. The maximum absolute atomic E-state index is 5.73. The van der Waals surface area contributed by atoms with Gasteiger partial charge in [-0.25, -0.2) is 0 Å². The molecule has 78 valence electrons. The molecule has 0 aliphatic carbocycles. The molecular formula is C12H17ClS. The average molecular weight is 229 g/mol. The molecule has 0 fully saturated rings. The third-order valence-electron chi connectivity index (χ3n) is 2.04. The molecule has 1 aromatic rings. The number of hydrogen-bond acceptors (Lipinski definition) is 1. The van der Waals surface area contributed by atoms with E-state index in [1.165, 1.54) is 23.5 Å². The maximum Gasteiger partial charge on any atom is 0.0257 e. The molecule has 1 aromatic carbocycles. The first kappa shape index (κ1) is 11.9. The van der Waals surface area contributed by atoms with Crippen LogP contribution in [0.4, 0.5) is 0 Å². The van der Waals surface area contributed by atoms with Crippen molar-refractivity contribution in [1.29, 1.82) is 0 Å². The van der Waals surface area contributed by atoms with E-state index in [1.807, 2.05) is 11.8 Å². The second kappa shape index (κ2) is 7.19. The molecule has 0 radical (unpaired) electrons. The van der Waals surface area contributed by atoms with Crippen molar-refractivity contribution in [2.75, 3.05) is 17.4 Å². The van der Waals surface area contributed by atoms with Gasteiger partial charge in [-0.3, -0.25) is 0 Å². The average Bonchev–Trinajstić information content (AvgIpc) is 2.25. The fraction of sp³-hybridized carbons (Fsp3) is 0.500. The van der Waals surface area contributed by atoms with Gasteiger partial charge in [0.25, 0.3) is 0 Å². The third kappa shape index (κ3) is 4.92. The van der Waals surface area contributed by atoms with Crippen LogP contribution >= 0.6 is 23.4 Å². The first-order valence-corrected chi connectivity index (χ1v) is 6.69. The molecule has 0 aromatic heterocycles. The predicted octanol–water partition coefficient (Wildman–Crippen LogP) is 3.84. The summed E-state index contributed by atoms with van der Waals surface area (Å²) in [6.07, 6.45) is 1.17. The van der Waals surface area contributed by atoms with Gasteiger partial charge >= 0.3 is 0 Å². The van der Waals surface area contributed by atoms with Crippen LogP contribution in [0.1, 0.15) is 12.5 Å². The van der Waals surface area contributed by atoms with Crippen molar-refractivity contribution in [1.82, 2.24) is 0 Å². The molecule has 1 unspecified atom stereocenters. The molecular weight excluding hydrogens is 212 g/mol. The minimum absolute atomic E-state index is 0.637. The first-order chi connectivity index (χ1) is 6.83. The zero-order chi connectivity index (χ0) is 10.2. The van der Waals surface area contributed by atoms with Crippen LogP contribution in [0.5, 0.6) is 0 Å². The largest absolute Gasteiger partial charge is 0.161 e. The van der Waals surface area contributed by atoms with E-state index in [9.17, 15) is 0 Å². The standard InChI is InChI=1S/C12H17ClS/c1-11(9-13)10-14-8-7-12-5-3-2-4-6-12/h2-6,11H,7-10H2,1H3. The second-order valence-corrected chi connectivity index (χ2v) is 5.03. The lowest BCUT2D eigenvalue weighted by Crippen LogP contribution is -2.00. The zero-order valence-corrected chi connectivity index (χ0v) is 10.2. The van der Waals surface area contributed by atoms with Crippen molar-refractivity contribution in [3.05, 3.63) is 35.9 Å². The number of aryl methyl sites for hydroxylation is 1. The van der Waals surface area contributed by atoms with Crippen LogP contribution in [0.3, 0.4) is 0 Å². The van der Waals surface area contributed by atoms with Gasteiger partial charge in [-0.1, -0.05) is 37.3 Å². The van der Waals surface area contributed by atoms with E-state index in [1.54, 1.807) is 0 Å². The van der Waals surface area contributed by atoms with Crippen molar-refractivity contribution in [2.45, 2.75) is 13.3 Å². The summed E-state index contributed by atoms with van der Waals surface area (Å²) in [5, 5.41) is 0. The highest BCUT2D eigenvalue weighted by Crippen LogP contribution is 2.12. The SMILES string of the molecule is CC(CCl)CSCCc1ccccc1. The normalized spacial score (nSPS) is 12.7. The fourth-order valence-electron chi connectivity index (χ4n) is 1.16. The molecule has 0 nitrogen and oxygen atoms in total. The second-order valence-electron chi connectivity index (χ2n) is 3.57. The molecule has 1 rings (SSSR count). The monoisotopic (exact) mass is 228 g/mol. The molecule has 0 aliphatic rings. The van der Waals surface area contributed by atoms with E-state index >= 15 is 0 Å². The van der Waals surface area contributed by atoms with E-state index in [0.717, 1.165) is 5.88 Å². The van der Waals surface area contributed by atoms with Gasteiger partial charge < -0.3 is 0 Å². The Bertz CT molecular complexity index is 235. The predicted molar refractivity (Wildman–Crippen MR) is 67.4 cm³/mol. The Morgan fingerprint density at radius 1 is 1.29 bits per heavy atom. The van der Waals surface area contributed by atoms with Gasteiger partial charge in [0, 0.05) is 5.88 Å². The Morgan fingerprint density at radius 2 is 2.00 bits per heavy atom. The molecule has 1 atom stereocenters. The van der Waals surface area contributed by atoms with E-state index in [4.69, 9.17) is 11.6 Å². The highest BCUT2D eigenvalue weighted by molar-refractivity contribution is 7.99. The van der Waals surface area contributed by atoms with Gasteiger partial charge in [-0.2, -0.15) is 11.8 Å². The third-order valence-corrected chi connectivity index (χ3v) is 3.87. The Kier molecular flexibility index (Phi) is 6.13. The number of rotatable bonds is 6. The fourth-order valence-corrected chi connectivity index (χ4v) is 2.47. The highest BCUT2D eigenvalue weighted by atomic mass is 35.5. The van der Waals surface area contributed by atoms with Crippen molar-refractivity contribution >= 4 is 23.4 Å². The number of alkyl halides is 1. The Balaban J connectivity index is 2.10. The van der Waals surface area contributed by atoms with Crippen LogP contribution in [-0.4, -0.2) is 17.4 Å². The minimum Gasteiger partial charge on any atom is -0.161 e. The molecule has 2 heteroatoms. The summed E-state index contributed by atoms with van der Waals surface area (Å²) in [6, 6.07) is 10.6. The van der Waals surface area contributed by atoms with Crippen LogP contribution < -0.4 is 0 Å². The van der Waals surface area contributed by atoms with Crippen LogP contribution in [0.25, 0.3) is 0 Å². The van der Waals surface area contributed by atoms with E-state index in [0.29, 0.717) is 5.92 Å². The Labute approximate surface area is 96.0 Å². The van der Waals surface area contributed by atoms with Crippen molar-refractivity contribution in [3.63, 3.8) is 0 Å². The molecule has 0 amide bonds. The number of halogens is 1. The Hall–Kier alpha value is -0.140. The highest BCUT2D eigenvalue weighted by Gasteiger charge is 1.99. The summed E-state index contributed by atoms with van der Waals surface area (Å²) in [5.74, 6) is 3.79. The number of thioether (sulfide) groups is 1. The van der Waals surface area contributed by atoms with Gasteiger partial charge in [0.15, 0.2) is 0 Å². The van der Waals surface area contributed by atoms with E-state index < -0.39 is 0 Å². The molecule has 0 aliphatic heterocycles. The first-order valence-electron chi connectivity index (χ1n) is 5.00. The molecule has 0 spiro atoms. The molecule has 0 N–H and O–H groups in total. The zero-order valence-electron chi connectivity index (χ0n) is 8.58. The topological polar surface area (TPSA) is 0 Å². The Morgan fingerprint density at radius 3 is 2.64 bits per heavy atom. The summed E-state index contributed by atoms with van der Waals surface area (Å²) in [6.45, 7) is 2.20. The lowest BCUT2D eigenvalue weighted by molar-refractivity contribution is 0.758. The molecule has 0 heterocycles. The summed E-state index contributed by atoms with van der Waals surface area (Å²) < 4.78 is 0. The summed E-state index contributed by atoms with van der Waals surface area (Å²) in [7, 11) is 0. The van der Waals surface area contributed by atoms with Crippen molar-refractivity contribution in [3.8, 4) is 0 Å². The summed E-state index contributed by atoms with van der Waals surface area (Å²) >= 11 is 7.73. The van der Waals surface area contributed by atoms with Gasteiger partial charge in [0.2, 0.25) is 0 Å². The maximum atomic E-state index is 5.73. The van der Waals surface area contributed by atoms with E-state index in [-0.39, 0.29) is 0 Å². The summed E-state index contributed by atoms with van der Waals surface area (Å²) in [4.78, 5) is 0. The van der Waals surface area contributed by atoms with Crippen LogP contribution in [-0.2, 0) is 6.42 Å². The van der Waals surface area contributed by atoms with Crippen LogP contribution in [0.15, 0.2) is 30.3 Å². The molecule has 0 saturated heterocycles. The molecule has 0 saturated carbocycles.